The number of hydrogen-bond acceptors (Lipinski definition) is 3. The zero-order chi connectivity index (χ0) is 21.9. The lowest BCUT2D eigenvalue weighted by Crippen LogP contribution is -2.08. The van der Waals surface area contributed by atoms with Crippen LogP contribution in [0.2, 0.25) is 0 Å². The van der Waals surface area contributed by atoms with E-state index in [0.29, 0.717) is 18.5 Å². The predicted molar refractivity (Wildman–Crippen MR) is 121 cm³/mol. The quantitative estimate of drug-likeness (QED) is 0.435. The molecule has 0 saturated carbocycles. The van der Waals surface area contributed by atoms with Crippen LogP contribution < -0.4 is 5.32 Å². The molecular formula is C26H22N2O3. The summed E-state index contributed by atoms with van der Waals surface area (Å²) in [4.78, 5) is 27.0. The van der Waals surface area contributed by atoms with Crippen LogP contribution in [0.1, 0.15) is 36.0 Å². The van der Waals surface area contributed by atoms with E-state index in [4.69, 9.17) is 5.11 Å². The van der Waals surface area contributed by atoms with Crippen molar-refractivity contribution in [3.05, 3.63) is 102 Å². The minimum atomic E-state index is -0.799. The van der Waals surface area contributed by atoms with Gasteiger partial charge in [-0.25, -0.2) is 0 Å². The van der Waals surface area contributed by atoms with Gasteiger partial charge < -0.3 is 10.4 Å². The van der Waals surface area contributed by atoms with Crippen molar-refractivity contribution in [2.45, 2.75) is 19.3 Å². The molecule has 0 aliphatic carbocycles. The van der Waals surface area contributed by atoms with Crippen molar-refractivity contribution in [2.75, 3.05) is 5.32 Å². The van der Waals surface area contributed by atoms with Gasteiger partial charge in [0, 0.05) is 41.5 Å². The first kappa shape index (κ1) is 21.5. The highest BCUT2D eigenvalue weighted by Crippen LogP contribution is 2.25. The molecule has 2 N–H and O–H groups in total. The summed E-state index contributed by atoms with van der Waals surface area (Å²) in [5.74, 6) is 4.24. The second-order valence-electron chi connectivity index (χ2n) is 6.79. The van der Waals surface area contributed by atoms with Gasteiger partial charge in [-0.15, -0.1) is 0 Å². The van der Waals surface area contributed by atoms with Crippen molar-refractivity contribution in [3.8, 4) is 11.8 Å². The summed E-state index contributed by atoms with van der Waals surface area (Å²) >= 11 is 0. The number of carbonyl (C=O) groups is 2. The number of hydrogen-bond donors (Lipinski definition) is 2. The Hall–Kier alpha value is -4.17. The van der Waals surface area contributed by atoms with Gasteiger partial charge in [0.15, 0.2) is 0 Å². The number of carbonyl (C=O) groups excluding carboxylic acids is 1. The van der Waals surface area contributed by atoms with Gasteiger partial charge in [-0.1, -0.05) is 48.4 Å². The van der Waals surface area contributed by atoms with E-state index in [1.807, 2.05) is 72.8 Å². The molecule has 0 radical (unpaired) electrons. The molecule has 154 valence electrons. The van der Waals surface area contributed by atoms with E-state index in [1.165, 1.54) is 0 Å². The number of pyridine rings is 1. The third-order valence-corrected chi connectivity index (χ3v) is 4.46. The second-order valence-corrected chi connectivity index (χ2v) is 6.79. The molecule has 1 aromatic heterocycles. The normalized spacial score (nSPS) is 10.6. The lowest BCUT2D eigenvalue weighted by molar-refractivity contribution is -0.137. The SMILES string of the molecule is O=C(O)CCCC=C(c1ccc(NC(=O)C#Cc2ccccc2)cc1)c1cccnc1. The molecule has 0 aliphatic heterocycles. The molecule has 31 heavy (non-hydrogen) atoms. The Morgan fingerprint density at radius 1 is 0.968 bits per heavy atom. The molecular weight excluding hydrogens is 388 g/mol. The van der Waals surface area contributed by atoms with E-state index in [2.05, 4.69) is 22.1 Å². The maximum absolute atomic E-state index is 12.1. The van der Waals surface area contributed by atoms with Crippen LogP contribution in [-0.2, 0) is 9.59 Å². The first-order valence-electron chi connectivity index (χ1n) is 9.92. The Kier molecular flexibility index (Phi) is 7.73. The van der Waals surface area contributed by atoms with Gasteiger partial charge in [0.2, 0.25) is 0 Å². The Morgan fingerprint density at radius 3 is 2.42 bits per heavy atom. The number of benzene rings is 2. The number of nitrogens with one attached hydrogen (secondary N) is 1. The molecule has 3 rings (SSSR count). The van der Waals surface area contributed by atoms with Gasteiger partial charge in [0.05, 0.1) is 0 Å². The fourth-order valence-electron chi connectivity index (χ4n) is 2.97. The van der Waals surface area contributed by atoms with E-state index >= 15 is 0 Å². The fraction of sp³-hybridized carbons (Fsp3) is 0.115. The molecule has 1 amide bonds. The minimum absolute atomic E-state index is 0.131. The van der Waals surface area contributed by atoms with Crippen LogP contribution >= 0.6 is 0 Å². The zero-order valence-electron chi connectivity index (χ0n) is 16.9. The van der Waals surface area contributed by atoms with Gasteiger partial charge in [-0.2, -0.15) is 0 Å². The molecule has 0 saturated heterocycles. The Morgan fingerprint density at radius 2 is 1.74 bits per heavy atom. The van der Waals surface area contributed by atoms with Crippen molar-refractivity contribution >= 4 is 23.1 Å². The number of amides is 1. The van der Waals surface area contributed by atoms with Crippen LogP contribution in [-0.4, -0.2) is 22.0 Å². The average Bonchev–Trinajstić information content (AvgIpc) is 2.80. The van der Waals surface area contributed by atoms with Gasteiger partial charge in [0.25, 0.3) is 0 Å². The van der Waals surface area contributed by atoms with Crippen LogP contribution in [0.4, 0.5) is 5.69 Å². The third-order valence-electron chi connectivity index (χ3n) is 4.46. The molecule has 3 aromatic rings. The summed E-state index contributed by atoms with van der Waals surface area (Å²) in [6, 6.07) is 20.6. The summed E-state index contributed by atoms with van der Waals surface area (Å²) in [7, 11) is 0. The standard InChI is InChI=1S/C26H22N2O3/c29-25(17-12-20-7-2-1-3-8-20)28-23-15-13-21(14-16-23)24(10-4-5-11-26(30)31)22-9-6-18-27-19-22/h1-3,6-10,13-16,18-19H,4-5,11H2,(H,28,29)(H,30,31). The van der Waals surface area contributed by atoms with Crippen LogP contribution in [0.15, 0.2) is 85.2 Å². The molecule has 0 fully saturated rings. The molecule has 0 unspecified atom stereocenters. The first-order valence-corrected chi connectivity index (χ1v) is 9.92. The zero-order valence-corrected chi connectivity index (χ0v) is 16.9. The van der Waals surface area contributed by atoms with Crippen LogP contribution in [0.3, 0.4) is 0 Å². The first-order chi connectivity index (χ1) is 15.1. The highest BCUT2D eigenvalue weighted by atomic mass is 16.4. The van der Waals surface area contributed by atoms with Crippen molar-refractivity contribution in [3.63, 3.8) is 0 Å². The highest BCUT2D eigenvalue weighted by molar-refractivity contribution is 6.04. The van der Waals surface area contributed by atoms with Crippen molar-refractivity contribution in [2.24, 2.45) is 0 Å². The molecule has 5 heteroatoms. The van der Waals surface area contributed by atoms with E-state index in [9.17, 15) is 9.59 Å². The number of carboxylic acids is 1. The van der Waals surface area contributed by atoms with E-state index in [-0.39, 0.29) is 12.3 Å². The fourth-order valence-corrected chi connectivity index (χ4v) is 2.97. The predicted octanol–water partition coefficient (Wildman–Crippen LogP) is 4.76. The maximum atomic E-state index is 12.1. The van der Waals surface area contributed by atoms with Gasteiger partial charge in [0.1, 0.15) is 0 Å². The molecule has 0 atom stereocenters. The molecule has 5 nitrogen and oxygen atoms in total. The number of nitrogens with zero attached hydrogens (tertiary/aromatic N) is 1. The topological polar surface area (TPSA) is 79.3 Å². The van der Waals surface area contributed by atoms with Gasteiger partial charge >= 0.3 is 11.9 Å². The third kappa shape index (κ3) is 6.98. The van der Waals surface area contributed by atoms with E-state index in [1.54, 1.807) is 12.4 Å². The van der Waals surface area contributed by atoms with Crippen LogP contribution in [0.5, 0.6) is 0 Å². The molecule has 0 bridgehead atoms. The van der Waals surface area contributed by atoms with E-state index in [0.717, 1.165) is 22.3 Å². The monoisotopic (exact) mass is 410 g/mol. The minimum Gasteiger partial charge on any atom is -0.481 e. The Labute approximate surface area is 181 Å². The van der Waals surface area contributed by atoms with E-state index < -0.39 is 5.97 Å². The lowest BCUT2D eigenvalue weighted by atomic mass is 9.97. The number of aromatic nitrogens is 1. The molecule has 0 aliphatic rings. The number of rotatable bonds is 7. The summed E-state index contributed by atoms with van der Waals surface area (Å²) in [5.41, 5.74) is 4.30. The van der Waals surface area contributed by atoms with Crippen molar-refractivity contribution < 1.29 is 14.7 Å². The van der Waals surface area contributed by atoms with Gasteiger partial charge in [-0.3, -0.25) is 14.6 Å². The number of allylic oxidation sites excluding steroid dienone is 1. The number of aliphatic carboxylic acids is 1. The molecule has 2 aromatic carbocycles. The highest BCUT2D eigenvalue weighted by Gasteiger charge is 2.07. The average molecular weight is 410 g/mol. The Bertz CT molecular complexity index is 1110. The summed E-state index contributed by atoms with van der Waals surface area (Å²) in [5, 5.41) is 11.6. The summed E-state index contributed by atoms with van der Waals surface area (Å²) < 4.78 is 0. The lowest BCUT2D eigenvalue weighted by Gasteiger charge is -2.10. The summed E-state index contributed by atoms with van der Waals surface area (Å²) in [6.45, 7) is 0. The largest absolute Gasteiger partial charge is 0.481 e. The summed E-state index contributed by atoms with van der Waals surface area (Å²) in [6.07, 6.45) is 6.85. The smallest absolute Gasteiger partial charge is 0.303 e. The van der Waals surface area contributed by atoms with Gasteiger partial charge in [-0.05, 0) is 54.3 Å². The number of anilines is 1. The van der Waals surface area contributed by atoms with Crippen LogP contribution in [0.25, 0.3) is 5.57 Å². The molecule has 0 spiro atoms. The van der Waals surface area contributed by atoms with Crippen LogP contribution in [0, 0.1) is 11.8 Å². The molecule has 1 heterocycles. The van der Waals surface area contributed by atoms with Crippen molar-refractivity contribution in [1.82, 2.24) is 4.98 Å². The maximum Gasteiger partial charge on any atom is 0.303 e. The van der Waals surface area contributed by atoms with Crippen molar-refractivity contribution in [1.29, 1.82) is 0 Å². The number of carboxylic acid groups (broad SMARTS) is 1. The number of unbranched alkanes of at least 4 members (excludes halogenated alkanes) is 1. The Balaban J connectivity index is 1.72. The second kappa shape index (κ2) is 11.1.